The van der Waals surface area contributed by atoms with Crippen molar-refractivity contribution >= 4 is 11.6 Å². The number of anilines is 1. The van der Waals surface area contributed by atoms with Crippen LogP contribution in [0.15, 0.2) is 30.3 Å². The number of nitrogens with one attached hydrogen (secondary N) is 1. The fraction of sp³-hybridized carbons (Fsp3) is 0.278. The maximum atomic E-state index is 12.6. The topological polar surface area (TPSA) is 56.8 Å². The SMILES string of the molecule is COc1cc(C(=O)Nc2c(C)cccc2C)cc(OC)c1OC. The fourth-order valence-electron chi connectivity index (χ4n) is 2.41. The zero-order valence-electron chi connectivity index (χ0n) is 14.0. The lowest BCUT2D eigenvalue weighted by Gasteiger charge is -2.15. The van der Waals surface area contributed by atoms with Gasteiger partial charge in [0.05, 0.1) is 21.3 Å². The van der Waals surface area contributed by atoms with Crippen LogP contribution in [-0.4, -0.2) is 27.2 Å². The van der Waals surface area contributed by atoms with Gasteiger partial charge in [0, 0.05) is 11.3 Å². The van der Waals surface area contributed by atoms with E-state index in [1.54, 1.807) is 12.1 Å². The average Bonchev–Trinajstić information content (AvgIpc) is 2.56. The van der Waals surface area contributed by atoms with E-state index in [0.717, 1.165) is 16.8 Å². The summed E-state index contributed by atoms with van der Waals surface area (Å²) in [4.78, 5) is 12.6. The summed E-state index contributed by atoms with van der Waals surface area (Å²) in [6, 6.07) is 9.13. The number of hydrogen-bond acceptors (Lipinski definition) is 4. The van der Waals surface area contributed by atoms with E-state index in [4.69, 9.17) is 14.2 Å². The number of ether oxygens (including phenoxy) is 3. The molecule has 5 heteroatoms. The molecule has 0 heterocycles. The molecule has 2 rings (SSSR count). The monoisotopic (exact) mass is 315 g/mol. The third kappa shape index (κ3) is 3.39. The smallest absolute Gasteiger partial charge is 0.255 e. The predicted octanol–water partition coefficient (Wildman–Crippen LogP) is 3.58. The molecule has 0 aliphatic carbocycles. The van der Waals surface area contributed by atoms with Crippen LogP contribution >= 0.6 is 0 Å². The summed E-state index contributed by atoms with van der Waals surface area (Å²) < 4.78 is 15.8. The second-order valence-electron chi connectivity index (χ2n) is 5.13. The Kier molecular flexibility index (Phi) is 5.11. The van der Waals surface area contributed by atoms with Crippen molar-refractivity contribution in [3.8, 4) is 17.2 Å². The minimum atomic E-state index is -0.235. The van der Waals surface area contributed by atoms with E-state index in [9.17, 15) is 4.79 Å². The maximum absolute atomic E-state index is 12.6. The van der Waals surface area contributed by atoms with Crippen LogP contribution in [-0.2, 0) is 0 Å². The largest absolute Gasteiger partial charge is 0.493 e. The highest BCUT2D eigenvalue weighted by Crippen LogP contribution is 2.38. The molecule has 5 nitrogen and oxygen atoms in total. The minimum absolute atomic E-state index is 0.235. The van der Waals surface area contributed by atoms with Crippen LogP contribution in [0.3, 0.4) is 0 Å². The highest BCUT2D eigenvalue weighted by molar-refractivity contribution is 6.05. The molecule has 2 aromatic carbocycles. The van der Waals surface area contributed by atoms with Gasteiger partial charge < -0.3 is 19.5 Å². The number of hydrogen-bond donors (Lipinski definition) is 1. The number of benzene rings is 2. The molecular weight excluding hydrogens is 294 g/mol. The van der Waals surface area contributed by atoms with Crippen LogP contribution in [0.4, 0.5) is 5.69 Å². The summed E-state index contributed by atoms with van der Waals surface area (Å²) in [7, 11) is 4.56. The van der Waals surface area contributed by atoms with Gasteiger partial charge in [-0.2, -0.15) is 0 Å². The zero-order chi connectivity index (χ0) is 17.0. The van der Waals surface area contributed by atoms with E-state index in [-0.39, 0.29) is 5.91 Å². The Morgan fingerprint density at radius 3 is 1.87 bits per heavy atom. The van der Waals surface area contributed by atoms with Crippen LogP contribution in [0.1, 0.15) is 21.5 Å². The normalized spacial score (nSPS) is 10.1. The third-order valence-corrected chi connectivity index (χ3v) is 3.65. The molecule has 0 saturated heterocycles. The minimum Gasteiger partial charge on any atom is -0.493 e. The molecule has 0 unspecified atom stereocenters. The van der Waals surface area contributed by atoms with E-state index in [1.165, 1.54) is 21.3 Å². The number of amides is 1. The highest BCUT2D eigenvalue weighted by atomic mass is 16.5. The Labute approximate surface area is 136 Å². The predicted molar refractivity (Wildman–Crippen MR) is 90.0 cm³/mol. The van der Waals surface area contributed by atoms with Gasteiger partial charge in [-0.1, -0.05) is 18.2 Å². The Morgan fingerprint density at radius 2 is 1.43 bits per heavy atom. The number of rotatable bonds is 5. The van der Waals surface area contributed by atoms with Crippen molar-refractivity contribution in [2.75, 3.05) is 26.6 Å². The molecule has 0 fully saturated rings. The van der Waals surface area contributed by atoms with Gasteiger partial charge in [-0.05, 0) is 37.1 Å². The molecule has 0 radical (unpaired) electrons. The Hall–Kier alpha value is -2.69. The molecule has 0 saturated carbocycles. The molecular formula is C18H21NO4. The molecule has 0 bridgehead atoms. The maximum Gasteiger partial charge on any atom is 0.255 e. The van der Waals surface area contributed by atoms with Gasteiger partial charge in [0.25, 0.3) is 5.91 Å². The molecule has 0 atom stereocenters. The third-order valence-electron chi connectivity index (χ3n) is 3.65. The van der Waals surface area contributed by atoms with Gasteiger partial charge >= 0.3 is 0 Å². The Bertz CT molecular complexity index is 680. The first kappa shape index (κ1) is 16.7. The quantitative estimate of drug-likeness (QED) is 0.916. The summed E-state index contributed by atoms with van der Waals surface area (Å²) >= 11 is 0. The number of para-hydroxylation sites is 1. The summed E-state index contributed by atoms with van der Waals surface area (Å²) in [6.45, 7) is 3.91. The van der Waals surface area contributed by atoms with Gasteiger partial charge in [-0.25, -0.2) is 0 Å². The van der Waals surface area contributed by atoms with Crippen molar-refractivity contribution in [3.63, 3.8) is 0 Å². The van der Waals surface area contributed by atoms with Crippen molar-refractivity contribution < 1.29 is 19.0 Å². The van der Waals surface area contributed by atoms with Gasteiger partial charge in [-0.3, -0.25) is 4.79 Å². The molecule has 0 aromatic heterocycles. The van der Waals surface area contributed by atoms with Crippen LogP contribution < -0.4 is 19.5 Å². The van der Waals surface area contributed by atoms with Crippen molar-refractivity contribution in [1.82, 2.24) is 0 Å². The van der Waals surface area contributed by atoms with Gasteiger partial charge in [0.15, 0.2) is 11.5 Å². The van der Waals surface area contributed by atoms with E-state index in [2.05, 4.69) is 5.32 Å². The molecule has 1 amide bonds. The van der Waals surface area contributed by atoms with E-state index in [1.807, 2.05) is 32.0 Å². The van der Waals surface area contributed by atoms with Crippen LogP contribution in [0.25, 0.3) is 0 Å². The van der Waals surface area contributed by atoms with E-state index >= 15 is 0 Å². The fourth-order valence-corrected chi connectivity index (χ4v) is 2.41. The molecule has 2 aromatic rings. The van der Waals surface area contributed by atoms with Crippen LogP contribution in [0.5, 0.6) is 17.2 Å². The van der Waals surface area contributed by atoms with Crippen molar-refractivity contribution in [2.45, 2.75) is 13.8 Å². The Morgan fingerprint density at radius 1 is 0.913 bits per heavy atom. The summed E-state index contributed by atoms with van der Waals surface area (Å²) in [5.41, 5.74) is 3.25. The Balaban J connectivity index is 2.40. The first-order valence-corrected chi connectivity index (χ1v) is 7.19. The standard InChI is InChI=1S/C18H21NO4/c1-11-7-6-8-12(2)16(11)19-18(20)13-9-14(21-3)17(23-5)15(10-13)22-4/h6-10H,1-5H3,(H,19,20). The highest BCUT2D eigenvalue weighted by Gasteiger charge is 2.17. The van der Waals surface area contributed by atoms with Crippen LogP contribution in [0, 0.1) is 13.8 Å². The molecule has 0 aliphatic rings. The summed E-state index contributed by atoms with van der Waals surface area (Å²) in [6.07, 6.45) is 0. The zero-order valence-corrected chi connectivity index (χ0v) is 14.0. The van der Waals surface area contributed by atoms with Gasteiger partial charge in [0.1, 0.15) is 0 Å². The first-order chi connectivity index (χ1) is 11.0. The van der Waals surface area contributed by atoms with Gasteiger partial charge in [-0.15, -0.1) is 0 Å². The first-order valence-electron chi connectivity index (χ1n) is 7.19. The molecule has 0 aliphatic heterocycles. The second kappa shape index (κ2) is 7.05. The molecule has 23 heavy (non-hydrogen) atoms. The van der Waals surface area contributed by atoms with E-state index < -0.39 is 0 Å². The number of methoxy groups -OCH3 is 3. The number of aryl methyl sites for hydroxylation is 2. The van der Waals surface area contributed by atoms with Crippen LogP contribution in [0.2, 0.25) is 0 Å². The summed E-state index contributed by atoms with van der Waals surface area (Å²) in [5.74, 6) is 1.11. The van der Waals surface area contributed by atoms with Crippen molar-refractivity contribution in [3.05, 3.63) is 47.0 Å². The lowest BCUT2D eigenvalue weighted by atomic mass is 10.1. The molecule has 0 spiro atoms. The number of carbonyl (C=O) groups excluding carboxylic acids is 1. The van der Waals surface area contributed by atoms with Gasteiger partial charge in [0.2, 0.25) is 5.75 Å². The lowest BCUT2D eigenvalue weighted by molar-refractivity contribution is 0.102. The van der Waals surface area contributed by atoms with Crippen molar-refractivity contribution in [2.24, 2.45) is 0 Å². The van der Waals surface area contributed by atoms with Crippen molar-refractivity contribution in [1.29, 1.82) is 0 Å². The average molecular weight is 315 g/mol. The number of carbonyl (C=O) groups is 1. The molecule has 122 valence electrons. The summed E-state index contributed by atoms with van der Waals surface area (Å²) in [5, 5.41) is 2.94. The van der Waals surface area contributed by atoms with E-state index in [0.29, 0.717) is 22.8 Å². The molecule has 1 N–H and O–H groups in total. The second-order valence-corrected chi connectivity index (χ2v) is 5.13. The lowest BCUT2D eigenvalue weighted by Crippen LogP contribution is -2.14.